The van der Waals surface area contributed by atoms with Gasteiger partial charge in [-0.25, -0.2) is 9.78 Å². The fraction of sp³-hybridized carbons (Fsp3) is 0.529. The molecule has 0 spiro atoms. The van der Waals surface area contributed by atoms with Crippen LogP contribution in [0, 0.1) is 11.8 Å². The number of aromatic nitrogens is 2. The molecule has 1 aromatic carbocycles. The highest BCUT2D eigenvalue weighted by molar-refractivity contribution is 6.01. The highest BCUT2D eigenvalue weighted by Gasteiger charge is 2.33. The van der Waals surface area contributed by atoms with Crippen LogP contribution in [0.2, 0.25) is 0 Å². The summed E-state index contributed by atoms with van der Waals surface area (Å²) in [5, 5.41) is 9.37. The average molecular weight is 286 g/mol. The van der Waals surface area contributed by atoms with Crippen molar-refractivity contribution >= 4 is 17.0 Å². The number of benzene rings is 1. The Kier molecular flexibility index (Phi) is 3.47. The molecule has 1 saturated carbocycles. The van der Waals surface area contributed by atoms with Gasteiger partial charge in [0.05, 0.1) is 11.1 Å². The summed E-state index contributed by atoms with van der Waals surface area (Å²) in [6.07, 6.45) is 3.21. The molecule has 3 unspecified atom stereocenters. The Morgan fingerprint density at radius 2 is 2.14 bits per heavy atom. The number of imidazole rings is 1. The second kappa shape index (κ2) is 5.17. The lowest BCUT2D eigenvalue weighted by atomic mass is 9.97. The number of aromatic carboxylic acids is 1. The summed E-state index contributed by atoms with van der Waals surface area (Å²) in [5.41, 5.74) is 1.91. The van der Waals surface area contributed by atoms with Gasteiger partial charge in [-0.2, -0.15) is 0 Å². The molecule has 3 rings (SSSR count). The Morgan fingerprint density at radius 3 is 2.71 bits per heavy atom. The largest absolute Gasteiger partial charge is 0.478 e. The zero-order chi connectivity index (χ0) is 15.1. The van der Waals surface area contributed by atoms with E-state index in [0.717, 1.165) is 24.2 Å². The van der Waals surface area contributed by atoms with Crippen LogP contribution in [0.5, 0.6) is 0 Å². The zero-order valence-corrected chi connectivity index (χ0v) is 12.8. The van der Waals surface area contributed by atoms with Crippen molar-refractivity contribution in [3.8, 4) is 0 Å². The van der Waals surface area contributed by atoms with Crippen molar-refractivity contribution in [3.63, 3.8) is 0 Å². The zero-order valence-electron chi connectivity index (χ0n) is 12.8. The lowest BCUT2D eigenvalue weighted by molar-refractivity contribution is 0.0699. The van der Waals surface area contributed by atoms with Gasteiger partial charge in [-0.15, -0.1) is 0 Å². The van der Waals surface area contributed by atoms with Crippen molar-refractivity contribution in [2.24, 2.45) is 11.8 Å². The number of carbonyl (C=O) groups is 1. The minimum Gasteiger partial charge on any atom is -0.478 e. The van der Waals surface area contributed by atoms with Crippen molar-refractivity contribution in [2.45, 2.75) is 46.1 Å². The van der Waals surface area contributed by atoms with Crippen LogP contribution >= 0.6 is 0 Å². The van der Waals surface area contributed by atoms with Crippen LogP contribution < -0.4 is 0 Å². The number of rotatable bonds is 3. The van der Waals surface area contributed by atoms with E-state index in [4.69, 9.17) is 0 Å². The van der Waals surface area contributed by atoms with Crippen LogP contribution in [0.4, 0.5) is 0 Å². The third kappa shape index (κ3) is 2.13. The molecular formula is C17H22N2O2. The van der Waals surface area contributed by atoms with Gasteiger partial charge < -0.3 is 9.67 Å². The first-order valence-electron chi connectivity index (χ1n) is 7.77. The first-order chi connectivity index (χ1) is 10.0. The smallest absolute Gasteiger partial charge is 0.337 e. The van der Waals surface area contributed by atoms with E-state index in [2.05, 4.69) is 30.3 Å². The Morgan fingerprint density at radius 1 is 1.38 bits per heavy atom. The predicted octanol–water partition coefficient (Wildman–Crippen LogP) is 3.90. The first-order valence-corrected chi connectivity index (χ1v) is 7.77. The predicted molar refractivity (Wildman–Crippen MR) is 82.7 cm³/mol. The lowest BCUT2D eigenvalue weighted by Gasteiger charge is -2.22. The van der Waals surface area contributed by atoms with Crippen molar-refractivity contribution in [1.29, 1.82) is 0 Å². The third-order valence-corrected chi connectivity index (χ3v) is 5.09. The summed E-state index contributed by atoms with van der Waals surface area (Å²) in [5.74, 6) is 1.41. The van der Waals surface area contributed by atoms with Gasteiger partial charge in [0.25, 0.3) is 0 Å². The highest BCUT2D eigenvalue weighted by Crippen LogP contribution is 2.42. The standard InChI is InChI=1S/C17H22N2O2/c1-4-15-18-16-12(17(20)21)6-5-7-14(16)19(15)13-9-8-10(2)11(13)3/h5-7,10-11,13H,4,8-9H2,1-3H3,(H,20,21). The summed E-state index contributed by atoms with van der Waals surface area (Å²) in [6.45, 7) is 6.69. The second-order valence-electron chi connectivity index (χ2n) is 6.21. The van der Waals surface area contributed by atoms with Crippen LogP contribution in [-0.4, -0.2) is 20.6 Å². The highest BCUT2D eigenvalue weighted by atomic mass is 16.4. The molecular weight excluding hydrogens is 264 g/mol. The molecule has 1 aliphatic rings. The summed E-state index contributed by atoms with van der Waals surface area (Å²) in [7, 11) is 0. The number of hydrogen-bond acceptors (Lipinski definition) is 2. The molecule has 1 aliphatic carbocycles. The molecule has 0 saturated heterocycles. The molecule has 21 heavy (non-hydrogen) atoms. The topological polar surface area (TPSA) is 55.1 Å². The van der Waals surface area contributed by atoms with Crippen LogP contribution in [-0.2, 0) is 6.42 Å². The number of carboxylic acid groups (broad SMARTS) is 1. The third-order valence-electron chi connectivity index (χ3n) is 5.09. The van der Waals surface area contributed by atoms with Gasteiger partial charge in [-0.3, -0.25) is 0 Å². The van der Waals surface area contributed by atoms with E-state index in [0.29, 0.717) is 29.0 Å². The molecule has 3 atom stereocenters. The lowest BCUT2D eigenvalue weighted by Crippen LogP contribution is -2.16. The van der Waals surface area contributed by atoms with Crippen LogP contribution in [0.15, 0.2) is 18.2 Å². The van der Waals surface area contributed by atoms with Gasteiger partial charge in [0.2, 0.25) is 0 Å². The Labute approximate surface area is 124 Å². The van der Waals surface area contributed by atoms with Crippen LogP contribution in [0.1, 0.15) is 55.8 Å². The van der Waals surface area contributed by atoms with E-state index >= 15 is 0 Å². The van der Waals surface area contributed by atoms with Gasteiger partial charge in [0, 0.05) is 12.5 Å². The van der Waals surface area contributed by atoms with Crippen molar-refractivity contribution in [2.75, 3.05) is 0 Å². The minimum absolute atomic E-state index is 0.305. The first kappa shape index (κ1) is 14.1. The number of hydrogen-bond donors (Lipinski definition) is 1. The SMILES string of the molecule is CCc1nc2c(C(=O)O)cccc2n1C1CCC(C)C1C. The molecule has 1 fully saturated rings. The van der Waals surface area contributed by atoms with E-state index in [9.17, 15) is 9.90 Å². The molecule has 112 valence electrons. The number of aryl methyl sites for hydroxylation is 1. The molecule has 4 heteroatoms. The minimum atomic E-state index is -0.902. The molecule has 1 N–H and O–H groups in total. The van der Waals surface area contributed by atoms with Gasteiger partial charge in [0.15, 0.2) is 0 Å². The molecule has 0 amide bonds. The number of carboxylic acids is 1. The summed E-state index contributed by atoms with van der Waals surface area (Å²) < 4.78 is 2.30. The average Bonchev–Trinajstić information content (AvgIpc) is 2.99. The van der Waals surface area contributed by atoms with Crippen LogP contribution in [0.3, 0.4) is 0 Å². The number of para-hydroxylation sites is 1. The fourth-order valence-corrected chi connectivity index (χ4v) is 3.66. The van der Waals surface area contributed by atoms with E-state index in [1.165, 1.54) is 6.42 Å². The Bertz CT molecular complexity index is 689. The maximum absolute atomic E-state index is 11.4. The molecule has 0 aliphatic heterocycles. The van der Waals surface area contributed by atoms with E-state index < -0.39 is 5.97 Å². The number of nitrogens with zero attached hydrogens (tertiary/aromatic N) is 2. The second-order valence-corrected chi connectivity index (χ2v) is 6.21. The summed E-state index contributed by atoms with van der Waals surface area (Å²) >= 11 is 0. The quantitative estimate of drug-likeness (QED) is 0.931. The Hall–Kier alpha value is -1.84. The number of fused-ring (bicyclic) bond motifs is 1. The van der Waals surface area contributed by atoms with Gasteiger partial charge in [0.1, 0.15) is 11.3 Å². The van der Waals surface area contributed by atoms with Crippen molar-refractivity contribution in [1.82, 2.24) is 9.55 Å². The molecule has 0 bridgehead atoms. The van der Waals surface area contributed by atoms with Crippen LogP contribution in [0.25, 0.3) is 11.0 Å². The van der Waals surface area contributed by atoms with Gasteiger partial charge >= 0.3 is 5.97 Å². The summed E-state index contributed by atoms with van der Waals surface area (Å²) in [6, 6.07) is 5.90. The van der Waals surface area contributed by atoms with Crippen molar-refractivity contribution < 1.29 is 9.90 Å². The van der Waals surface area contributed by atoms with E-state index in [-0.39, 0.29) is 0 Å². The molecule has 1 aromatic heterocycles. The normalized spacial score (nSPS) is 25.6. The van der Waals surface area contributed by atoms with E-state index in [1.54, 1.807) is 6.07 Å². The summed E-state index contributed by atoms with van der Waals surface area (Å²) in [4.78, 5) is 16.1. The fourth-order valence-electron chi connectivity index (χ4n) is 3.66. The molecule has 1 heterocycles. The molecule has 2 aromatic rings. The maximum atomic E-state index is 11.4. The monoisotopic (exact) mass is 286 g/mol. The van der Waals surface area contributed by atoms with E-state index in [1.807, 2.05) is 12.1 Å². The van der Waals surface area contributed by atoms with Crippen molar-refractivity contribution in [3.05, 3.63) is 29.6 Å². The Balaban J connectivity index is 2.22. The van der Waals surface area contributed by atoms with Gasteiger partial charge in [-0.1, -0.05) is 26.8 Å². The van der Waals surface area contributed by atoms with Gasteiger partial charge in [-0.05, 0) is 36.8 Å². The maximum Gasteiger partial charge on any atom is 0.337 e. The molecule has 0 radical (unpaired) electrons. The molecule has 4 nitrogen and oxygen atoms in total.